The van der Waals surface area contributed by atoms with Crippen LogP contribution in [0.4, 0.5) is 4.39 Å². The summed E-state index contributed by atoms with van der Waals surface area (Å²) in [6.07, 6.45) is 2.12. The van der Waals surface area contributed by atoms with Crippen molar-refractivity contribution in [2.75, 3.05) is 0 Å². The molecule has 0 amide bonds. The van der Waals surface area contributed by atoms with E-state index in [0.29, 0.717) is 0 Å². The molecule has 0 aromatic carbocycles. The lowest BCUT2D eigenvalue weighted by Gasteiger charge is -1.74. The maximum Gasteiger partial charge on any atom is 0.149 e. The van der Waals surface area contributed by atoms with Crippen LogP contribution in [-0.4, -0.2) is 0 Å². The molecule has 0 fully saturated rings. The van der Waals surface area contributed by atoms with Crippen LogP contribution in [0.5, 0.6) is 0 Å². The van der Waals surface area contributed by atoms with Crippen molar-refractivity contribution >= 4 is 12.6 Å². The maximum atomic E-state index is 11.4. The van der Waals surface area contributed by atoms with Crippen LogP contribution in [0.1, 0.15) is 13.3 Å². The predicted octanol–water partition coefficient (Wildman–Crippen LogP) is 2.14. The summed E-state index contributed by atoms with van der Waals surface area (Å²) >= 11 is 3.37. The van der Waals surface area contributed by atoms with E-state index in [2.05, 4.69) is 12.6 Å². The quantitative estimate of drug-likeness (QED) is 0.486. The van der Waals surface area contributed by atoms with Gasteiger partial charge in [-0.3, -0.25) is 0 Å². The van der Waals surface area contributed by atoms with Gasteiger partial charge in [0.1, 0.15) is 5.16 Å². The first-order valence-electron chi connectivity index (χ1n) is 1.82. The lowest BCUT2D eigenvalue weighted by atomic mass is 10.5. The van der Waals surface area contributed by atoms with E-state index in [1.807, 2.05) is 6.92 Å². The van der Waals surface area contributed by atoms with Crippen LogP contribution in [0.15, 0.2) is 11.2 Å². The highest BCUT2D eigenvalue weighted by molar-refractivity contribution is 7.84. The van der Waals surface area contributed by atoms with Crippen LogP contribution in [0.25, 0.3) is 0 Å². The molecule has 0 atom stereocenters. The van der Waals surface area contributed by atoms with Crippen molar-refractivity contribution in [3.05, 3.63) is 11.2 Å². The van der Waals surface area contributed by atoms with Crippen molar-refractivity contribution in [2.45, 2.75) is 13.3 Å². The Bertz CT molecular complexity index is 54.6. The lowest BCUT2D eigenvalue weighted by molar-refractivity contribution is 0.696. The Kier molecular flexibility index (Phi) is 3.23. The maximum absolute atomic E-state index is 11.4. The highest BCUT2D eigenvalue weighted by atomic mass is 32.1. The van der Waals surface area contributed by atoms with E-state index in [9.17, 15) is 4.39 Å². The van der Waals surface area contributed by atoms with Crippen LogP contribution in [0.2, 0.25) is 0 Å². The molecule has 0 aliphatic carbocycles. The third-order valence-electron chi connectivity index (χ3n) is 0.373. The molecule has 0 nitrogen and oxygen atoms in total. The van der Waals surface area contributed by atoms with Crippen molar-refractivity contribution in [1.29, 1.82) is 0 Å². The smallest absolute Gasteiger partial charge is 0.149 e. The monoisotopic (exact) mass is 106 g/mol. The fraction of sp³-hybridized carbons (Fsp3) is 0.500. The van der Waals surface area contributed by atoms with Gasteiger partial charge in [-0.15, -0.1) is 12.6 Å². The van der Waals surface area contributed by atoms with Crippen LogP contribution in [-0.2, 0) is 0 Å². The number of hydrogen-bond donors (Lipinski definition) is 1. The third-order valence-corrected chi connectivity index (χ3v) is 0.555. The van der Waals surface area contributed by atoms with E-state index in [1.165, 1.54) is 6.08 Å². The van der Waals surface area contributed by atoms with Gasteiger partial charge in [0, 0.05) is 0 Å². The Labute approximate surface area is 42.5 Å². The van der Waals surface area contributed by atoms with Gasteiger partial charge >= 0.3 is 0 Å². The lowest BCUT2D eigenvalue weighted by Crippen LogP contribution is -1.51. The molecule has 6 heavy (non-hydrogen) atoms. The molecule has 0 bridgehead atoms. The largest absolute Gasteiger partial charge is 0.200 e. The Balaban J connectivity index is 3.14. The van der Waals surface area contributed by atoms with E-state index < -0.39 is 5.16 Å². The van der Waals surface area contributed by atoms with Gasteiger partial charge in [0.15, 0.2) is 0 Å². The Morgan fingerprint density at radius 1 is 2.00 bits per heavy atom. The summed E-state index contributed by atoms with van der Waals surface area (Å²) in [7, 11) is 0. The predicted molar refractivity (Wildman–Crippen MR) is 28.5 cm³/mol. The molecule has 0 aromatic heterocycles. The van der Waals surface area contributed by atoms with Gasteiger partial charge in [-0.05, 0) is 12.5 Å². The normalized spacial score (nSPS) is 12.2. The molecular weight excluding hydrogens is 99.1 g/mol. The standard InChI is InChI=1S/C4H7FS/c1-2-3-4(5)6/h3,6H,2H2,1H3/b4-3-. The van der Waals surface area contributed by atoms with Gasteiger partial charge in [0.05, 0.1) is 0 Å². The van der Waals surface area contributed by atoms with Gasteiger partial charge in [-0.2, -0.15) is 0 Å². The molecule has 0 aliphatic heterocycles. The summed E-state index contributed by atoms with van der Waals surface area (Å²) in [5, 5.41) is -0.391. The van der Waals surface area contributed by atoms with Crippen molar-refractivity contribution in [1.82, 2.24) is 0 Å². The average molecular weight is 106 g/mol. The summed E-state index contributed by atoms with van der Waals surface area (Å²) in [6.45, 7) is 1.86. The van der Waals surface area contributed by atoms with Gasteiger partial charge < -0.3 is 0 Å². The SMILES string of the molecule is CC/C=C(/F)S. The van der Waals surface area contributed by atoms with E-state index in [1.54, 1.807) is 0 Å². The van der Waals surface area contributed by atoms with Crippen molar-refractivity contribution in [3.63, 3.8) is 0 Å². The molecular formula is C4H7FS. The van der Waals surface area contributed by atoms with Gasteiger partial charge in [-0.1, -0.05) is 6.92 Å². The molecule has 0 aromatic rings. The zero-order chi connectivity index (χ0) is 4.99. The van der Waals surface area contributed by atoms with Crippen LogP contribution < -0.4 is 0 Å². The van der Waals surface area contributed by atoms with E-state index in [0.717, 1.165) is 6.42 Å². The molecule has 0 spiro atoms. The molecule has 0 rings (SSSR count). The van der Waals surface area contributed by atoms with Crippen LogP contribution >= 0.6 is 12.6 Å². The first-order valence-corrected chi connectivity index (χ1v) is 2.26. The molecule has 0 saturated heterocycles. The summed E-state index contributed by atoms with van der Waals surface area (Å²) in [6, 6.07) is 0. The number of halogens is 1. The first-order chi connectivity index (χ1) is 2.77. The van der Waals surface area contributed by atoms with Crippen molar-refractivity contribution < 1.29 is 4.39 Å². The molecule has 0 aliphatic rings. The van der Waals surface area contributed by atoms with Gasteiger partial charge in [0.2, 0.25) is 0 Å². The summed E-state index contributed by atoms with van der Waals surface area (Å²) in [5.74, 6) is 0. The number of rotatable bonds is 1. The second-order valence-electron chi connectivity index (χ2n) is 0.935. The first kappa shape index (κ1) is 6.02. The van der Waals surface area contributed by atoms with E-state index in [-0.39, 0.29) is 0 Å². The highest BCUT2D eigenvalue weighted by Crippen LogP contribution is 2.00. The van der Waals surface area contributed by atoms with Crippen LogP contribution in [0.3, 0.4) is 0 Å². The number of allylic oxidation sites excluding steroid dienone is 1. The minimum absolute atomic E-state index is 0.391. The van der Waals surface area contributed by atoms with Crippen molar-refractivity contribution in [3.8, 4) is 0 Å². The number of hydrogen-bond acceptors (Lipinski definition) is 1. The topological polar surface area (TPSA) is 0 Å². The molecule has 2 heteroatoms. The summed E-state index contributed by atoms with van der Waals surface area (Å²) < 4.78 is 11.4. The third kappa shape index (κ3) is 4.02. The second-order valence-corrected chi connectivity index (χ2v) is 1.36. The summed E-state index contributed by atoms with van der Waals surface area (Å²) in [4.78, 5) is 0. The zero-order valence-corrected chi connectivity index (χ0v) is 4.50. The van der Waals surface area contributed by atoms with E-state index >= 15 is 0 Å². The molecule has 0 N–H and O–H groups in total. The molecule has 0 saturated carbocycles. The fourth-order valence-electron chi connectivity index (χ4n) is 0.168. The minimum atomic E-state index is -0.391. The Morgan fingerprint density at radius 2 is 2.50 bits per heavy atom. The zero-order valence-electron chi connectivity index (χ0n) is 3.61. The van der Waals surface area contributed by atoms with Gasteiger partial charge in [-0.25, -0.2) is 4.39 Å². The minimum Gasteiger partial charge on any atom is -0.200 e. The Morgan fingerprint density at radius 3 is 2.50 bits per heavy atom. The van der Waals surface area contributed by atoms with Gasteiger partial charge in [0.25, 0.3) is 0 Å². The average Bonchev–Trinajstić information content (AvgIpc) is 1.35. The van der Waals surface area contributed by atoms with Crippen LogP contribution in [0, 0.1) is 0 Å². The highest BCUT2D eigenvalue weighted by Gasteiger charge is 1.74. The Hall–Kier alpha value is 0.0200. The molecule has 0 radical (unpaired) electrons. The van der Waals surface area contributed by atoms with Crippen molar-refractivity contribution in [2.24, 2.45) is 0 Å². The molecule has 0 heterocycles. The molecule has 36 valence electrons. The fourth-order valence-corrected chi connectivity index (χ4v) is 0.351. The van der Waals surface area contributed by atoms with E-state index in [4.69, 9.17) is 0 Å². The summed E-state index contributed by atoms with van der Waals surface area (Å²) in [5.41, 5.74) is 0. The number of thiol groups is 1. The second kappa shape index (κ2) is 3.22. The molecule has 0 unspecified atom stereocenters.